The number of amides is 1. The van der Waals surface area contributed by atoms with E-state index >= 15 is 0 Å². The van der Waals surface area contributed by atoms with Crippen LogP contribution in [-0.4, -0.2) is 34.8 Å². The Hall–Kier alpha value is -2.21. The first-order valence-electron chi connectivity index (χ1n) is 8.77. The van der Waals surface area contributed by atoms with Gasteiger partial charge in [0.2, 0.25) is 5.91 Å². The third-order valence-electron chi connectivity index (χ3n) is 4.98. The molecule has 1 aliphatic heterocycles. The molecule has 5 nitrogen and oxygen atoms in total. The van der Waals surface area contributed by atoms with Crippen molar-refractivity contribution in [3.63, 3.8) is 0 Å². The van der Waals surface area contributed by atoms with Crippen LogP contribution in [0.4, 0.5) is 4.39 Å². The summed E-state index contributed by atoms with van der Waals surface area (Å²) in [6, 6.07) is 6.43. The second kappa shape index (κ2) is 7.35. The summed E-state index contributed by atoms with van der Waals surface area (Å²) in [5.74, 6) is 0.186. The summed E-state index contributed by atoms with van der Waals surface area (Å²) >= 11 is 0. The highest BCUT2D eigenvalue weighted by Crippen LogP contribution is 2.19. The standard InChI is InChI=1S/C19H25FN4O/c1-12-11-21-9-8-18(12)22-19(25)10-17-13(2)23-24(14(17)3)16-6-4-15(20)5-7-16/h4-7,12,18,21H,8-11H2,1-3H3,(H,22,25). The summed E-state index contributed by atoms with van der Waals surface area (Å²) < 4.78 is 14.9. The van der Waals surface area contributed by atoms with Crippen LogP contribution in [0.3, 0.4) is 0 Å². The minimum atomic E-state index is -0.277. The predicted octanol–water partition coefficient (Wildman–Crippen LogP) is 2.28. The number of rotatable bonds is 4. The number of nitrogens with zero attached hydrogens (tertiary/aromatic N) is 2. The Bertz CT molecular complexity index is 754. The van der Waals surface area contributed by atoms with E-state index in [4.69, 9.17) is 0 Å². The molecule has 6 heteroatoms. The fourth-order valence-electron chi connectivity index (χ4n) is 3.41. The van der Waals surface area contributed by atoms with Crippen LogP contribution < -0.4 is 10.6 Å². The Kier molecular flexibility index (Phi) is 5.18. The molecule has 0 saturated carbocycles. The van der Waals surface area contributed by atoms with E-state index < -0.39 is 0 Å². The number of carbonyl (C=O) groups is 1. The molecule has 2 unspecified atom stereocenters. The highest BCUT2D eigenvalue weighted by Gasteiger charge is 2.24. The van der Waals surface area contributed by atoms with Crippen molar-refractivity contribution in [2.45, 2.75) is 39.7 Å². The van der Waals surface area contributed by atoms with E-state index in [0.29, 0.717) is 12.3 Å². The normalized spacial score (nSPS) is 20.5. The van der Waals surface area contributed by atoms with E-state index in [1.165, 1.54) is 12.1 Å². The van der Waals surface area contributed by atoms with Crippen molar-refractivity contribution in [3.8, 4) is 5.69 Å². The lowest BCUT2D eigenvalue weighted by Gasteiger charge is -2.30. The van der Waals surface area contributed by atoms with Gasteiger partial charge in [0.25, 0.3) is 0 Å². The maximum absolute atomic E-state index is 13.1. The lowest BCUT2D eigenvalue weighted by Crippen LogP contribution is -2.48. The number of piperidine rings is 1. The number of hydrogen-bond donors (Lipinski definition) is 2. The predicted molar refractivity (Wildman–Crippen MR) is 95.3 cm³/mol. The number of aromatic nitrogens is 2. The Balaban J connectivity index is 1.74. The van der Waals surface area contributed by atoms with Crippen molar-refractivity contribution in [1.29, 1.82) is 0 Å². The summed E-state index contributed by atoms with van der Waals surface area (Å²) in [4.78, 5) is 12.5. The first kappa shape index (κ1) is 17.6. The third-order valence-corrected chi connectivity index (χ3v) is 4.98. The molecular weight excluding hydrogens is 319 g/mol. The first-order chi connectivity index (χ1) is 12.0. The van der Waals surface area contributed by atoms with Crippen LogP contribution in [-0.2, 0) is 11.2 Å². The fraction of sp³-hybridized carbons (Fsp3) is 0.474. The third kappa shape index (κ3) is 3.90. The molecule has 0 bridgehead atoms. The van der Waals surface area contributed by atoms with Gasteiger partial charge in [-0.15, -0.1) is 0 Å². The highest BCUT2D eigenvalue weighted by molar-refractivity contribution is 5.79. The SMILES string of the molecule is Cc1nn(-c2ccc(F)cc2)c(C)c1CC(=O)NC1CCNCC1C. The molecule has 1 aromatic heterocycles. The van der Waals surface area contributed by atoms with E-state index in [1.54, 1.807) is 16.8 Å². The van der Waals surface area contributed by atoms with E-state index in [0.717, 1.165) is 42.1 Å². The van der Waals surface area contributed by atoms with Crippen molar-refractivity contribution < 1.29 is 9.18 Å². The topological polar surface area (TPSA) is 59.0 Å². The van der Waals surface area contributed by atoms with Gasteiger partial charge in [-0.2, -0.15) is 5.10 Å². The average Bonchev–Trinajstić information content (AvgIpc) is 2.86. The molecule has 1 amide bonds. The van der Waals surface area contributed by atoms with E-state index in [-0.39, 0.29) is 17.8 Å². The van der Waals surface area contributed by atoms with E-state index in [9.17, 15) is 9.18 Å². The minimum absolute atomic E-state index is 0.0311. The molecule has 2 aromatic rings. The number of hydrogen-bond acceptors (Lipinski definition) is 3. The zero-order valence-electron chi connectivity index (χ0n) is 15.0. The fourth-order valence-corrected chi connectivity index (χ4v) is 3.41. The average molecular weight is 344 g/mol. The summed E-state index contributed by atoms with van der Waals surface area (Å²) in [5.41, 5.74) is 3.47. The molecule has 2 heterocycles. The Labute approximate surface area is 147 Å². The lowest BCUT2D eigenvalue weighted by atomic mass is 9.95. The second-order valence-corrected chi connectivity index (χ2v) is 6.86. The van der Waals surface area contributed by atoms with Crippen molar-refractivity contribution in [2.75, 3.05) is 13.1 Å². The van der Waals surface area contributed by atoms with Crippen molar-refractivity contribution in [3.05, 3.63) is 47.0 Å². The first-order valence-corrected chi connectivity index (χ1v) is 8.77. The van der Waals surface area contributed by atoms with Gasteiger partial charge >= 0.3 is 0 Å². The van der Waals surface area contributed by atoms with Crippen LogP contribution in [0.1, 0.15) is 30.3 Å². The summed E-state index contributed by atoms with van der Waals surface area (Å²) in [7, 11) is 0. The van der Waals surface area contributed by atoms with Crippen LogP contribution in [0.2, 0.25) is 0 Å². The molecule has 2 N–H and O–H groups in total. The monoisotopic (exact) mass is 344 g/mol. The van der Waals surface area contributed by atoms with Gasteiger partial charge in [-0.05, 0) is 63.5 Å². The zero-order chi connectivity index (χ0) is 18.0. The number of aryl methyl sites for hydroxylation is 1. The summed E-state index contributed by atoms with van der Waals surface area (Å²) in [5, 5.41) is 11.0. The summed E-state index contributed by atoms with van der Waals surface area (Å²) in [6.45, 7) is 7.88. The van der Waals surface area contributed by atoms with Crippen LogP contribution in [0.5, 0.6) is 0 Å². The van der Waals surface area contributed by atoms with Crippen LogP contribution in [0.25, 0.3) is 5.69 Å². The van der Waals surface area contributed by atoms with Gasteiger partial charge in [-0.3, -0.25) is 4.79 Å². The largest absolute Gasteiger partial charge is 0.353 e. The molecule has 1 aromatic carbocycles. The van der Waals surface area contributed by atoms with E-state index in [1.807, 2.05) is 13.8 Å². The molecule has 25 heavy (non-hydrogen) atoms. The molecule has 1 saturated heterocycles. The number of halogens is 1. The van der Waals surface area contributed by atoms with Gasteiger partial charge in [-0.1, -0.05) is 6.92 Å². The zero-order valence-corrected chi connectivity index (χ0v) is 15.0. The molecule has 2 atom stereocenters. The van der Waals surface area contributed by atoms with Gasteiger partial charge in [0.05, 0.1) is 17.8 Å². The molecule has 1 fully saturated rings. The van der Waals surface area contributed by atoms with Crippen LogP contribution >= 0.6 is 0 Å². The Morgan fingerprint density at radius 2 is 2.08 bits per heavy atom. The maximum atomic E-state index is 13.1. The molecule has 0 radical (unpaired) electrons. The van der Waals surface area contributed by atoms with Crippen molar-refractivity contribution in [1.82, 2.24) is 20.4 Å². The minimum Gasteiger partial charge on any atom is -0.353 e. The van der Waals surface area contributed by atoms with Gasteiger partial charge in [-0.25, -0.2) is 9.07 Å². The number of benzene rings is 1. The second-order valence-electron chi connectivity index (χ2n) is 6.86. The van der Waals surface area contributed by atoms with Gasteiger partial charge in [0.15, 0.2) is 0 Å². The Morgan fingerprint density at radius 3 is 2.76 bits per heavy atom. The molecule has 134 valence electrons. The smallest absolute Gasteiger partial charge is 0.224 e. The van der Waals surface area contributed by atoms with Gasteiger partial charge in [0.1, 0.15) is 5.82 Å². The van der Waals surface area contributed by atoms with Crippen molar-refractivity contribution >= 4 is 5.91 Å². The van der Waals surface area contributed by atoms with E-state index in [2.05, 4.69) is 22.7 Å². The lowest BCUT2D eigenvalue weighted by molar-refractivity contribution is -0.121. The Morgan fingerprint density at radius 1 is 1.36 bits per heavy atom. The molecule has 0 aliphatic carbocycles. The highest BCUT2D eigenvalue weighted by atomic mass is 19.1. The maximum Gasteiger partial charge on any atom is 0.224 e. The van der Waals surface area contributed by atoms with Gasteiger partial charge < -0.3 is 10.6 Å². The molecule has 1 aliphatic rings. The van der Waals surface area contributed by atoms with Gasteiger partial charge in [0, 0.05) is 17.3 Å². The number of nitrogens with one attached hydrogen (secondary N) is 2. The summed E-state index contributed by atoms with van der Waals surface area (Å²) in [6.07, 6.45) is 1.27. The van der Waals surface area contributed by atoms with Crippen LogP contribution in [0.15, 0.2) is 24.3 Å². The number of carbonyl (C=O) groups excluding carboxylic acids is 1. The molecule has 0 spiro atoms. The van der Waals surface area contributed by atoms with Crippen LogP contribution in [0, 0.1) is 25.6 Å². The quantitative estimate of drug-likeness (QED) is 0.895. The van der Waals surface area contributed by atoms with Crippen molar-refractivity contribution in [2.24, 2.45) is 5.92 Å². The molecular formula is C19H25FN4O. The molecule has 3 rings (SSSR count).